The molecule has 2 amide bonds. The van der Waals surface area contributed by atoms with E-state index in [1.54, 1.807) is 35.5 Å². The molecule has 1 atom stereocenters. The number of unbranched alkanes of at least 4 members (excludes halogenated alkanes) is 1. The van der Waals surface area contributed by atoms with E-state index in [-0.39, 0.29) is 42.7 Å². The van der Waals surface area contributed by atoms with E-state index in [0.29, 0.717) is 28.2 Å². The standard InChI is InChI=1S/C43H45FN4O4S/c1-5-6-7-27-8-12-29(13-9-27)31-16-17-35(36(44)21-31)33-23-45-39(46-24-33)30-14-10-28(11-15-30)20-32(41(50)48-25-34(26-48)42(51)52)22-47-40(49)37-18-19-38(53-37)43(2,3)4/h8-19,21,23-24,32,34H,5-7,20,22,25-26H2,1-4H3,(H,47,49)(H,51,52). The van der Waals surface area contributed by atoms with Crippen molar-refractivity contribution < 1.29 is 23.9 Å². The van der Waals surface area contributed by atoms with Crippen LogP contribution in [0.25, 0.3) is 33.6 Å². The maximum atomic E-state index is 15.3. The number of thiophene rings is 1. The first-order valence-electron chi connectivity index (χ1n) is 18.1. The molecule has 53 heavy (non-hydrogen) atoms. The van der Waals surface area contributed by atoms with Crippen molar-refractivity contribution in [1.82, 2.24) is 20.2 Å². The molecular formula is C43H45FN4O4S. The first-order chi connectivity index (χ1) is 25.4. The number of nitrogens with one attached hydrogen (secondary N) is 1. The summed E-state index contributed by atoms with van der Waals surface area (Å²) in [5.41, 5.74) is 5.60. The highest BCUT2D eigenvalue weighted by atomic mass is 32.1. The number of aryl methyl sites for hydroxylation is 1. The molecule has 2 aromatic heterocycles. The Morgan fingerprint density at radius 1 is 0.887 bits per heavy atom. The van der Waals surface area contributed by atoms with Crippen molar-refractivity contribution in [3.8, 4) is 33.6 Å². The van der Waals surface area contributed by atoms with E-state index in [1.165, 1.54) is 16.9 Å². The van der Waals surface area contributed by atoms with Crippen molar-refractivity contribution in [2.24, 2.45) is 11.8 Å². The van der Waals surface area contributed by atoms with Gasteiger partial charge >= 0.3 is 5.97 Å². The Bertz CT molecular complexity index is 2070. The molecule has 1 unspecified atom stereocenters. The number of likely N-dealkylation sites (tertiary alicyclic amines) is 1. The molecular weight excluding hydrogens is 688 g/mol. The summed E-state index contributed by atoms with van der Waals surface area (Å²) in [4.78, 5) is 50.2. The number of amides is 2. The van der Waals surface area contributed by atoms with Crippen LogP contribution in [0.5, 0.6) is 0 Å². The smallest absolute Gasteiger partial charge is 0.310 e. The van der Waals surface area contributed by atoms with E-state index in [4.69, 9.17) is 0 Å². The molecule has 3 aromatic carbocycles. The molecule has 1 aliphatic rings. The van der Waals surface area contributed by atoms with Crippen LogP contribution in [0, 0.1) is 17.7 Å². The van der Waals surface area contributed by atoms with Crippen LogP contribution in [0.4, 0.5) is 4.39 Å². The van der Waals surface area contributed by atoms with Crippen LogP contribution in [0.15, 0.2) is 91.3 Å². The Labute approximate surface area is 314 Å². The van der Waals surface area contributed by atoms with Gasteiger partial charge in [-0.3, -0.25) is 14.4 Å². The lowest BCUT2D eigenvalue weighted by Gasteiger charge is -2.39. The topological polar surface area (TPSA) is 112 Å². The fraction of sp³-hybridized carbons (Fsp3) is 0.326. The zero-order chi connectivity index (χ0) is 37.7. The molecule has 1 aliphatic heterocycles. The van der Waals surface area contributed by atoms with Crippen LogP contribution in [0.3, 0.4) is 0 Å². The zero-order valence-corrected chi connectivity index (χ0v) is 31.4. The number of carboxylic acids is 1. The van der Waals surface area contributed by atoms with Gasteiger partial charge in [-0.1, -0.05) is 94.8 Å². The normalized spacial score (nSPS) is 13.7. The zero-order valence-electron chi connectivity index (χ0n) is 30.6. The van der Waals surface area contributed by atoms with Gasteiger partial charge in [-0.2, -0.15) is 0 Å². The number of carboxylic acid groups (broad SMARTS) is 1. The molecule has 0 aliphatic carbocycles. The minimum Gasteiger partial charge on any atom is -0.481 e. The van der Waals surface area contributed by atoms with E-state index in [1.807, 2.05) is 48.5 Å². The van der Waals surface area contributed by atoms with Crippen molar-refractivity contribution in [3.63, 3.8) is 0 Å². The molecule has 5 aromatic rings. The Morgan fingerprint density at radius 2 is 1.53 bits per heavy atom. The minimum absolute atomic E-state index is 0.0786. The highest BCUT2D eigenvalue weighted by Crippen LogP contribution is 2.31. The van der Waals surface area contributed by atoms with Crippen LogP contribution in [0.2, 0.25) is 0 Å². The summed E-state index contributed by atoms with van der Waals surface area (Å²) in [6.45, 7) is 8.88. The number of hydrogen-bond acceptors (Lipinski definition) is 6. The van der Waals surface area contributed by atoms with Crippen molar-refractivity contribution in [2.75, 3.05) is 19.6 Å². The quantitative estimate of drug-likeness (QED) is 0.126. The second-order valence-electron chi connectivity index (χ2n) is 14.8. The number of aromatic nitrogens is 2. The predicted octanol–water partition coefficient (Wildman–Crippen LogP) is 8.45. The number of aliphatic carboxylic acids is 1. The molecule has 10 heteroatoms. The van der Waals surface area contributed by atoms with E-state index in [9.17, 15) is 19.5 Å². The number of hydrogen-bond donors (Lipinski definition) is 2. The first kappa shape index (κ1) is 37.5. The van der Waals surface area contributed by atoms with E-state index >= 15 is 4.39 Å². The summed E-state index contributed by atoms with van der Waals surface area (Å²) in [5.74, 6) is -2.37. The molecule has 0 bridgehead atoms. The predicted molar refractivity (Wildman–Crippen MR) is 207 cm³/mol. The Hall–Kier alpha value is -5.22. The fourth-order valence-electron chi connectivity index (χ4n) is 6.35. The first-order valence-corrected chi connectivity index (χ1v) is 18.9. The molecule has 1 fully saturated rings. The maximum absolute atomic E-state index is 15.3. The largest absolute Gasteiger partial charge is 0.481 e. The third kappa shape index (κ3) is 9.06. The molecule has 0 saturated carbocycles. The lowest BCUT2D eigenvalue weighted by atomic mass is 9.93. The molecule has 0 spiro atoms. The van der Waals surface area contributed by atoms with Crippen LogP contribution in [-0.2, 0) is 27.8 Å². The molecule has 0 radical (unpaired) electrons. The lowest BCUT2D eigenvalue weighted by molar-refractivity contribution is -0.154. The summed E-state index contributed by atoms with van der Waals surface area (Å²) in [7, 11) is 0. The number of carbonyl (C=O) groups excluding carboxylic acids is 2. The molecule has 8 nitrogen and oxygen atoms in total. The maximum Gasteiger partial charge on any atom is 0.310 e. The minimum atomic E-state index is -0.917. The highest BCUT2D eigenvalue weighted by molar-refractivity contribution is 7.14. The Balaban J connectivity index is 1.11. The third-order valence-corrected chi connectivity index (χ3v) is 11.2. The van der Waals surface area contributed by atoms with Gasteiger partial charge in [0.1, 0.15) is 5.82 Å². The molecule has 274 valence electrons. The van der Waals surface area contributed by atoms with Crippen molar-refractivity contribution in [1.29, 1.82) is 0 Å². The van der Waals surface area contributed by atoms with E-state index in [0.717, 1.165) is 46.4 Å². The van der Waals surface area contributed by atoms with Crippen LogP contribution in [-0.4, -0.2) is 57.4 Å². The molecule has 2 N–H and O–H groups in total. The van der Waals surface area contributed by atoms with Crippen LogP contribution >= 0.6 is 11.3 Å². The SMILES string of the molecule is CCCCc1ccc(-c2ccc(-c3cnc(-c4ccc(CC(CNC(=O)c5ccc(C(C)(C)C)s5)C(=O)N5CC(C(=O)O)C5)cc4)nc3)c(F)c2)cc1. The van der Waals surface area contributed by atoms with E-state index < -0.39 is 17.8 Å². The second kappa shape index (κ2) is 16.2. The van der Waals surface area contributed by atoms with Gasteiger partial charge in [-0.25, -0.2) is 14.4 Å². The highest BCUT2D eigenvalue weighted by Gasteiger charge is 2.38. The van der Waals surface area contributed by atoms with Gasteiger partial charge in [-0.15, -0.1) is 11.3 Å². The average Bonchev–Trinajstić information content (AvgIpc) is 3.64. The average molecular weight is 733 g/mol. The number of benzene rings is 3. The summed E-state index contributed by atoms with van der Waals surface area (Å²) >= 11 is 1.44. The van der Waals surface area contributed by atoms with Gasteiger partial charge in [-0.05, 0) is 65.1 Å². The van der Waals surface area contributed by atoms with E-state index in [2.05, 4.69) is 55.1 Å². The molecule has 6 rings (SSSR count). The number of halogens is 1. The van der Waals surface area contributed by atoms with Gasteiger partial charge in [0.2, 0.25) is 5.91 Å². The second-order valence-corrected chi connectivity index (χ2v) is 15.9. The van der Waals surface area contributed by atoms with Gasteiger partial charge in [0.15, 0.2) is 5.82 Å². The van der Waals surface area contributed by atoms with Gasteiger partial charge < -0.3 is 15.3 Å². The molecule has 3 heterocycles. The summed E-state index contributed by atoms with van der Waals surface area (Å²) in [6.07, 6.45) is 6.91. The van der Waals surface area contributed by atoms with Gasteiger partial charge in [0.25, 0.3) is 5.91 Å². The van der Waals surface area contributed by atoms with Crippen molar-refractivity contribution in [2.45, 2.75) is 58.8 Å². The van der Waals surface area contributed by atoms with Crippen molar-refractivity contribution in [3.05, 3.63) is 118 Å². The van der Waals surface area contributed by atoms with Crippen LogP contribution in [0.1, 0.15) is 66.2 Å². The number of carbonyl (C=O) groups is 3. The monoisotopic (exact) mass is 732 g/mol. The van der Waals surface area contributed by atoms with Crippen molar-refractivity contribution >= 4 is 29.1 Å². The van der Waals surface area contributed by atoms with Crippen LogP contribution < -0.4 is 5.32 Å². The summed E-state index contributed by atoms with van der Waals surface area (Å²) < 4.78 is 15.3. The fourth-order valence-corrected chi connectivity index (χ4v) is 7.33. The van der Waals surface area contributed by atoms with Gasteiger partial charge in [0, 0.05) is 53.6 Å². The number of nitrogens with zero attached hydrogens (tertiary/aromatic N) is 3. The Morgan fingerprint density at radius 3 is 2.13 bits per heavy atom. The number of rotatable bonds is 13. The van der Waals surface area contributed by atoms with Gasteiger partial charge in [0.05, 0.1) is 16.7 Å². The lowest BCUT2D eigenvalue weighted by Crippen LogP contribution is -2.56. The summed E-state index contributed by atoms with van der Waals surface area (Å²) in [5, 5.41) is 12.3. The molecule has 1 saturated heterocycles. The third-order valence-electron chi connectivity index (χ3n) is 9.70. The Kier molecular flexibility index (Phi) is 11.5. The summed E-state index contributed by atoms with van der Waals surface area (Å²) in [6, 6.07) is 24.8.